The number of ether oxygens (including phenoxy) is 1. The lowest BCUT2D eigenvalue weighted by Gasteiger charge is -2.18. The highest BCUT2D eigenvalue weighted by Gasteiger charge is 2.12. The highest BCUT2D eigenvalue weighted by Crippen LogP contribution is 2.19. The van der Waals surface area contributed by atoms with Gasteiger partial charge in [0.1, 0.15) is 5.82 Å². The van der Waals surface area contributed by atoms with Crippen LogP contribution in [-0.4, -0.2) is 25.1 Å². The molecule has 2 aromatic rings. The second-order valence-corrected chi connectivity index (χ2v) is 5.22. The molecule has 0 fully saturated rings. The van der Waals surface area contributed by atoms with Crippen molar-refractivity contribution in [2.75, 3.05) is 19.5 Å². The number of nitrogens with zero attached hydrogens (tertiary/aromatic N) is 1. The molecule has 23 heavy (non-hydrogen) atoms. The van der Waals surface area contributed by atoms with Crippen molar-refractivity contribution in [3.8, 4) is 5.75 Å². The molecular formula is C17H18F2N2O2. The van der Waals surface area contributed by atoms with Crippen LogP contribution in [0.15, 0.2) is 36.4 Å². The first kappa shape index (κ1) is 16.7. The number of urea groups is 1. The third kappa shape index (κ3) is 4.18. The van der Waals surface area contributed by atoms with E-state index < -0.39 is 5.82 Å². The molecular weight excluding hydrogens is 302 g/mol. The van der Waals surface area contributed by atoms with Gasteiger partial charge in [-0.3, -0.25) is 0 Å². The smallest absolute Gasteiger partial charge is 0.321 e. The first-order valence-corrected chi connectivity index (χ1v) is 7.01. The van der Waals surface area contributed by atoms with Crippen LogP contribution in [-0.2, 0) is 6.54 Å². The van der Waals surface area contributed by atoms with Gasteiger partial charge in [0.15, 0.2) is 11.6 Å². The third-order valence-corrected chi connectivity index (χ3v) is 3.39. The Labute approximate surface area is 133 Å². The number of nitrogens with one attached hydrogen (secondary N) is 1. The van der Waals surface area contributed by atoms with Crippen LogP contribution in [0.1, 0.15) is 11.1 Å². The largest absolute Gasteiger partial charge is 0.494 e. The number of amides is 2. The molecule has 0 aliphatic carbocycles. The van der Waals surface area contributed by atoms with Gasteiger partial charge in [0.05, 0.1) is 7.11 Å². The Bertz CT molecular complexity index is 720. The highest BCUT2D eigenvalue weighted by molar-refractivity contribution is 5.89. The summed E-state index contributed by atoms with van der Waals surface area (Å²) >= 11 is 0. The molecule has 0 saturated heterocycles. The molecule has 6 heteroatoms. The normalized spacial score (nSPS) is 10.3. The van der Waals surface area contributed by atoms with E-state index >= 15 is 0 Å². The van der Waals surface area contributed by atoms with Crippen molar-refractivity contribution in [1.82, 2.24) is 4.90 Å². The fourth-order valence-corrected chi connectivity index (χ4v) is 2.10. The molecule has 0 aliphatic rings. The number of benzene rings is 2. The summed E-state index contributed by atoms with van der Waals surface area (Å²) in [4.78, 5) is 13.5. The summed E-state index contributed by atoms with van der Waals surface area (Å²) in [5.74, 6) is -0.652. The quantitative estimate of drug-likeness (QED) is 0.927. The van der Waals surface area contributed by atoms with Gasteiger partial charge in [-0.15, -0.1) is 0 Å². The van der Waals surface area contributed by atoms with Crippen molar-refractivity contribution in [3.63, 3.8) is 0 Å². The fourth-order valence-electron chi connectivity index (χ4n) is 2.10. The summed E-state index contributed by atoms with van der Waals surface area (Å²) in [6.07, 6.45) is 0. The second kappa shape index (κ2) is 7.09. The molecule has 0 unspecified atom stereocenters. The average molecular weight is 320 g/mol. The molecule has 0 bridgehead atoms. The summed E-state index contributed by atoms with van der Waals surface area (Å²) in [5, 5.41) is 2.67. The van der Waals surface area contributed by atoms with E-state index in [2.05, 4.69) is 5.32 Å². The highest BCUT2D eigenvalue weighted by atomic mass is 19.1. The molecule has 0 aromatic heterocycles. The SMILES string of the molecule is COc1ccc(CN(C)C(=O)Nc2ccc(F)c(C)c2)cc1F. The Morgan fingerprint density at radius 3 is 2.52 bits per heavy atom. The molecule has 2 aromatic carbocycles. The number of rotatable bonds is 4. The van der Waals surface area contributed by atoms with Crippen molar-refractivity contribution in [3.05, 3.63) is 59.2 Å². The minimum atomic E-state index is -0.479. The van der Waals surface area contributed by atoms with Crippen LogP contribution in [0.4, 0.5) is 19.3 Å². The van der Waals surface area contributed by atoms with E-state index in [1.165, 1.54) is 36.3 Å². The molecule has 0 spiro atoms. The van der Waals surface area contributed by atoms with Crippen LogP contribution in [0.2, 0.25) is 0 Å². The minimum absolute atomic E-state index is 0.155. The maximum Gasteiger partial charge on any atom is 0.321 e. The van der Waals surface area contributed by atoms with Crippen LogP contribution in [0.25, 0.3) is 0 Å². The Kier molecular flexibility index (Phi) is 5.16. The van der Waals surface area contributed by atoms with Crippen molar-refractivity contribution in [2.24, 2.45) is 0 Å². The van der Waals surface area contributed by atoms with Gasteiger partial charge in [0, 0.05) is 19.3 Å². The van der Waals surface area contributed by atoms with E-state index in [0.29, 0.717) is 16.8 Å². The van der Waals surface area contributed by atoms with E-state index in [4.69, 9.17) is 4.74 Å². The summed E-state index contributed by atoms with van der Waals surface area (Å²) in [6.45, 7) is 1.85. The van der Waals surface area contributed by atoms with Gasteiger partial charge in [0.25, 0.3) is 0 Å². The molecule has 0 heterocycles. The van der Waals surface area contributed by atoms with Crippen LogP contribution >= 0.6 is 0 Å². The van der Waals surface area contributed by atoms with E-state index in [0.717, 1.165) is 0 Å². The number of methoxy groups -OCH3 is 1. The van der Waals surface area contributed by atoms with Gasteiger partial charge in [0.2, 0.25) is 0 Å². The zero-order chi connectivity index (χ0) is 17.0. The number of aryl methyl sites for hydroxylation is 1. The Morgan fingerprint density at radius 1 is 1.17 bits per heavy atom. The topological polar surface area (TPSA) is 41.6 Å². The summed E-state index contributed by atoms with van der Waals surface area (Å²) in [5.41, 5.74) is 1.58. The van der Waals surface area contributed by atoms with Crippen LogP contribution < -0.4 is 10.1 Å². The average Bonchev–Trinajstić information content (AvgIpc) is 2.51. The van der Waals surface area contributed by atoms with E-state index in [-0.39, 0.29) is 24.1 Å². The van der Waals surface area contributed by atoms with Gasteiger partial charge < -0.3 is 15.0 Å². The number of hydrogen-bond acceptors (Lipinski definition) is 2. The second-order valence-electron chi connectivity index (χ2n) is 5.22. The molecule has 0 radical (unpaired) electrons. The van der Waals surface area contributed by atoms with Gasteiger partial charge in [-0.05, 0) is 48.4 Å². The predicted octanol–water partition coefficient (Wildman–Crippen LogP) is 3.95. The van der Waals surface area contributed by atoms with E-state index in [1.54, 1.807) is 26.1 Å². The predicted molar refractivity (Wildman–Crippen MR) is 84.6 cm³/mol. The van der Waals surface area contributed by atoms with Crippen LogP contribution in [0.3, 0.4) is 0 Å². The Morgan fingerprint density at radius 2 is 1.91 bits per heavy atom. The lowest BCUT2D eigenvalue weighted by Crippen LogP contribution is -2.30. The lowest BCUT2D eigenvalue weighted by molar-refractivity contribution is 0.220. The number of hydrogen-bond donors (Lipinski definition) is 1. The zero-order valence-electron chi connectivity index (χ0n) is 13.2. The molecule has 0 atom stereocenters. The first-order chi connectivity index (χ1) is 10.9. The molecule has 2 amide bonds. The maximum atomic E-state index is 13.7. The fraction of sp³-hybridized carbons (Fsp3) is 0.235. The minimum Gasteiger partial charge on any atom is -0.494 e. The van der Waals surface area contributed by atoms with E-state index in [1.807, 2.05) is 0 Å². The number of anilines is 1. The molecule has 0 saturated carbocycles. The van der Waals surface area contributed by atoms with Crippen molar-refractivity contribution in [1.29, 1.82) is 0 Å². The number of carbonyl (C=O) groups is 1. The lowest BCUT2D eigenvalue weighted by atomic mass is 10.2. The Balaban J connectivity index is 2.02. The monoisotopic (exact) mass is 320 g/mol. The van der Waals surface area contributed by atoms with Crippen molar-refractivity contribution >= 4 is 11.7 Å². The summed E-state index contributed by atoms with van der Waals surface area (Å²) in [6, 6.07) is 8.49. The molecule has 2 rings (SSSR count). The summed E-state index contributed by atoms with van der Waals surface area (Å²) in [7, 11) is 2.98. The number of carbonyl (C=O) groups excluding carboxylic acids is 1. The first-order valence-electron chi connectivity index (χ1n) is 7.01. The standard InChI is InChI=1S/C17H18F2N2O2/c1-11-8-13(5-6-14(11)18)20-17(22)21(2)10-12-4-7-16(23-3)15(19)9-12/h4-9H,10H2,1-3H3,(H,20,22). The Hall–Kier alpha value is -2.63. The van der Waals surface area contributed by atoms with Gasteiger partial charge >= 0.3 is 6.03 Å². The van der Waals surface area contributed by atoms with Crippen LogP contribution in [0, 0.1) is 18.6 Å². The van der Waals surface area contributed by atoms with Gasteiger partial charge in [-0.2, -0.15) is 0 Å². The summed E-state index contributed by atoms with van der Waals surface area (Å²) < 4.78 is 31.7. The number of halogens is 2. The van der Waals surface area contributed by atoms with Crippen molar-refractivity contribution < 1.29 is 18.3 Å². The van der Waals surface area contributed by atoms with Gasteiger partial charge in [-0.1, -0.05) is 6.07 Å². The van der Waals surface area contributed by atoms with Gasteiger partial charge in [-0.25, -0.2) is 13.6 Å². The zero-order valence-corrected chi connectivity index (χ0v) is 13.2. The van der Waals surface area contributed by atoms with Crippen molar-refractivity contribution in [2.45, 2.75) is 13.5 Å². The molecule has 122 valence electrons. The van der Waals surface area contributed by atoms with Crippen LogP contribution in [0.5, 0.6) is 5.75 Å². The van der Waals surface area contributed by atoms with E-state index in [9.17, 15) is 13.6 Å². The maximum absolute atomic E-state index is 13.7. The molecule has 0 aliphatic heterocycles. The molecule has 4 nitrogen and oxygen atoms in total. The molecule has 1 N–H and O–H groups in total. The third-order valence-electron chi connectivity index (χ3n) is 3.39.